The minimum Gasteiger partial charge on any atom is -0.338 e. The highest BCUT2D eigenvalue weighted by molar-refractivity contribution is 5.85. The van der Waals surface area contributed by atoms with E-state index >= 15 is 0 Å². The van der Waals surface area contributed by atoms with Gasteiger partial charge in [0.2, 0.25) is 5.91 Å². The number of nitrogens with one attached hydrogen (secondary N) is 1. The van der Waals surface area contributed by atoms with Gasteiger partial charge in [0.15, 0.2) is 0 Å². The van der Waals surface area contributed by atoms with Crippen LogP contribution in [-0.4, -0.2) is 40.5 Å². The molecule has 1 aliphatic rings. The number of imidazole rings is 1. The molecular formula is C16H24Cl2N4O. The number of carbonyl (C=O) groups excluding carboxylic acids is 1. The average molecular weight is 359 g/mol. The fourth-order valence-corrected chi connectivity index (χ4v) is 2.84. The van der Waals surface area contributed by atoms with Crippen molar-refractivity contribution in [2.45, 2.75) is 13.5 Å². The van der Waals surface area contributed by atoms with Crippen LogP contribution in [0.1, 0.15) is 12.7 Å². The maximum absolute atomic E-state index is 12.5. The molecule has 3 rings (SSSR count). The molecule has 1 N–H and O–H groups in total. The monoisotopic (exact) mass is 358 g/mol. The molecule has 2 aromatic rings. The van der Waals surface area contributed by atoms with Crippen LogP contribution in [0, 0.1) is 11.8 Å². The molecule has 128 valence electrons. The van der Waals surface area contributed by atoms with Gasteiger partial charge in [0.25, 0.3) is 0 Å². The number of amides is 1. The molecule has 7 heteroatoms. The van der Waals surface area contributed by atoms with Crippen molar-refractivity contribution < 1.29 is 4.79 Å². The second-order valence-electron chi connectivity index (χ2n) is 5.98. The molecule has 1 unspecified atom stereocenters. The number of aryl methyl sites for hydroxylation is 1. The smallest absolute Gasteiger partial charge is 0.225 e. The van der Waals surface area contributed by atoms with E-state index in [1.165, 1.54) is 0 Å². The minimum absolute atomic E-state index is 0. The van der Waals surface area contributed by atoms with Crippen molar-refractivity contribution in [1.82, 2.24) is 19.8 Å². The normalized spacial score (nSPS) is 15.3. The van der Waals surface area contributed by atoms with Crippen LogP contribution >= 0.6 is 24.8 Å². The number of para-hydroxylation sites is 2. The lowest BCUT2D eigenvalue weighted by Gasteiger charge is -2.33. The third-order valence-corrected chi connectivity index (χ3v) is 4.54. The van der Waals surface area contributed by atoms with Crippen molar-refractivity contribution in [3.8, 4) is 0 Å². The molecule has 23 heavy (non-hydrogen) atoms. The number of rotatable bonds is 4. The molecule has 0 bridgehead atoms. The summed E-state index contributed by atoms with van der Waals surface area (Å²) >= 11 is 0. The third kappa shape index (κ3) is 3.79. The molecule has 0 aliphatic carbocycles. The Kier molecular flexibility index (Phi) is 6.86. The lowest BCUT2D eigenvalue weighted by molar-refractivity contribution is -0.136. The van der Waals surface area contributed by atoms with Crippen LogP contribution in [0.3, 0.4) is 0 Å². The molecule has 1 aromatic heterocycles. The van der Waals surface area contributed by atoms with Gasteiger partial charge in [0.05, 0.1) is 17.6 Å². The Labute approximate surface area is 149 Å². The summed E-state index contributed by atoms with van der Waals surface area (Å²) in [5.74, 6) is 1.67. The van der Waals surface area contributed by atoms with E-state index in [2.05, 4.69) is 20.9 Å². The number of carbonyl (C=O) groups is 1. The van der Waals surface area contributed by atoms with Crippen LogP contribution in [0.2, 0.25) is 0 Å². The SMILES string of the molecule is CC(C(=O)N(C)Cc1nc2ccccc2n1C)C1CNC1.Cl.Cl. The average Bonchev–Trinajstić information content (AvgIpc) is 2.73. The standard InChI is InChI=1S/C16H22N4O.2ClH/c1-11(12-8-17-9-12)16(21)19(2)10-15-18-13-6-4-5-7-14(13)20(15)3;;/h4-7,11-12,17H,8-10H2,1-3H3;2*1H. The van der Waals surface area contributed by atoms with Crippen LogP contribution < -0.4 is 5.32 Å². The Balaban J connectivity index is 0.00000132. The molecule has 1 amide bonds. The first-order chi connectivity index (χ1) is 10.1. The van der Waals surface area contributed by atoms with Gasteiger partial charge in [-0.05, 0) is 31.1 Å². The first kappa shape index (κ1) is 19.7. The van der Waals surface area contributed by atoms with Crippen LogP contribution in [0.4, 0.5) is 0 Å². The highest BCUT2D eigenvalue weighted by Crippen LogP contribution is 2.20. The first-order valence-electron chi connectivity index (χ1n) is 7.44. The van der Waals surface area contributed by atoms with Gasteiger partial charge in [-0.1, -0.05) is 19.1 Å². The predicted octanol–water partition coefficient (Wildman–Crippen LogP) is 2.23. The molecule has 1 fully saturated rings. The van der Waals surface area contributed by atoms with Gasteiger partial charge < -0.3 is 14.8 Å². The Morgan fingerprint density at radius 2 is 2.04 bits per heavy atom. The van der Waals surface area contributed by atoms with E-state index in [9.17, 15) is 4.79 Å². The number of hydrogen-bond donors (Lipinski definition) is 1. The quantitative estimate of drug-likeness (QED) is 0.911. The minimum atomic E-state index is 0. The molecule has 0 saturated carbocycles. The van der Waals surface area contributed by atoms with Crippen molar-refractivity contribution in [3.63, 3.8) is 0 Å². The van der Waals surface area contributed by atoms with Gasteiger partial charge in [0.1, 0.15) is 5.82 Å². The summed E-state index contributed by atoms with van der Waals surface area (Å²) in [6.45, 7) is 4.48. The van der Waals surface area contributed by atoms with Crippen LogP contribution in [0.25, 0.3) is 11.0 Å². The van der Waals surface area contributed by atoms with E-state index in [1.807, 2.05) is 39.2 Å². The summed E-state index contributed by atoms with van der Waals surface area (Å²) in [5, 5.41) is 3.23. The largest absolute Gasteiger partial charge is 0.338 e. The summed E-state index contributed by atoms with van der Waals surface area (Å²) in [4.78, 5) is 18.9. The third-order valence-electron chi connectivity index (χ3n) is 4.54. The summed E-state index contributed by atoms with van der Waals surface area (Å²) in [7, 11) is 3.87. The van der Waals surface area contributed by atoms with Gasteiger partial charge in [-0.2, -0.15) is 0 Å². The molecule has 1 atom stereocenters. The maximum atomic E-state index is 12.5. The summed E-state index contributed by atoms with van der Waals surface area (Å²) in [5.41, 5.74) is 2.08. The number of fused-ring (bicyclic) bond motifs is 1. The van der Waals surface area contributed by atoms with Crippen LogP contribution in [0.15, 0.2) is 24.3 Å². The lowest BCUT2D eigenvalue weighted by Crippen LogP contribution is -2.49. The van der Waals surface area contributed by atoms with E-state index in [-0.39, 0.29) is 36.6 Å². The van der Waals surface area contributed by atoms with E-state index in [4.69, 9.17) is 0 Å². The highest BCUT2D eigenvalue weighted by atomic mass is 35.5. The molecule has 2 heterocycles. The van der Waals surface area contributed by atoms with Crippen molar-refractivity contribution in [2.75, 3.05) is 20.1 Å². The lowest BCUT2D eigenvalue weighted by atomic mass is 9.88. The van der Waals surface area contributed by atoms with Gasteiger partial charge in [0, 0.05) is 20.0 Å². The van der Waals surface area contributed by atoms with Gasteiger partial charge in [-0.3, -0.25) is 4.79 Å². The van der Waals surface area contributed by atoms with Crippen molar-refractivity contribution in [2.24, 2.45) is 18.9 Å². The maximum Gasteiger partial charge on any atom is 0.225 e. The van der Waals surface area contributed by atoms with E-state index < -0.39 is 0 Å². The zero-order valence-electron chi connectivity index (χ0n) is 13.7. The Hall–Kier alpha value is -1.30. The van der Waals surface area contributed by atoms with E-state index in [1.54, 1.807) is 4.90 Å². The molecule has 1 aromatic carbocycles. The zero-order valence-corrected chi connectivity index (χ0v) is 15.3. The Morgan fingerprint density at radius 3 is 2.61 bits per heavy atom. The topological polar surface area (TPSA) is 50.2 Å². The summed E-state index contributed by atoms with van der Waals surface area (Å²) < 4.78 is 2.06. The number of hydrogen-bond acceptors (Lipinski definition) is 3. The second-order valence-corrected chi connectivity index (χ2v) is 5.98. The molecule has 5 nitrogen and oxygen atoms in total. The van der Waals surface area contributed by atoms with E-state index in [0.29, 0.717) is 12.5 Å². The molecule has 1 aliphatic heterocycles. The molecule has 0 radical (unpaired) electrons. The number of halogens is 2. The number of benzene rings is 1. The Bertz CT molecular complexity index is 669. The summed E-state index contributed by atoms with van der Waals surface area (Å²) in [6, 6.07) is 8.05. The van der Waals surface area contributed by atoms with Crippen molar-refractivity contribution in [3.05, 3.63) is 30.1 Å². The predicted molar refractivity (Wildman–Crippen MR) is 97.2 cm³/mol. The highest BCUT2D eigenvalue weighted by Gasteiger charge is 2.30. The molecule has 0 spiro atoms. The summed E-state index contributed by atoms with van der Waals surface area (Å²) in [6.07, 6.45) is 0. The van der Waals surface area contributed by atoms with Gasteiger partial charge in [-0.25, -0.2) is 4.98 Å². The molecule has 1 saturated heterocycles. The Morgan fingerprint density at radius 1 is 1.39 bits per heavy atom. The molecular weight excluding hydrogens is 335 g/mol. The van der Waals surface area contributed by atoms with E-state index in [0.717, 1.165) is 29.9 Å². The van der Waals surface area contributed by atoms with Gasteiger partial charge >= 0.3 is 0 Å². The van der Waals surface area contributed by atoms with Crippen LogP contribution in [-0.2, 0) is 18.4 Å². The van der Waals surface area contributed by atoms with Gasteiger partial charge in [-0.15, -0.1) is 24.8 Å². The fourth-order valence-electron chi connectivity index (χ4n) is 2.84. The van der Waals surface area contributed by atoms with Crippen LogP contribution in [0.5, 0.6) is 0 Å². The first-order valence-corrected chi connectivity index (χ1v) is 7.44. The van der Waals surface area contributed by atoms with Crippen molar-refractivity contribution >= 4 is 41.8 Å². The van der Waals surface area contributed by atoms with Crippen molar-refractivity contribution in [1.29, 1.82) is 0 Å². The second kappa shape index (κ2) is 7.99. The number of nitrogens with zero attached hydrogens (tertiary/aromatic N) is 3. The number of aromatic nitrogens is 2. The zero-order chi connectivity index (χ0) is 15.0. The fraction of sp³-hybridized carbons (Fsp3) is 0.500.